The van der Waals surface area contributed by atoms with Crippen LogP contribution in [0.15, 0.2) is 48.5 Å². The van der Waals surface area contributed by atoms with Gasteiger partial charge in [0, 0.05) is 13.6 Å². The Morgan fingerprint density at radius 3 is 2.32 bits per heavy atom. The van der Waals surface area contributed by atoms with Gasteiger partial charge >= 0.3 is 6.18 Å². The third kappa shape index (κ3) is 4.65. The zero-order valence-corrected chi connectivity index (χ0v) is 17.0. The highest BCUT2D eigenvalue weighted by atomic mass is 19.4. The van der Waals surface area contributed by atoms with E-state index >= 15 is 0 Å². The number of rotatable bonds is 5. The highest BCUT2D eigenvalue weighted by Gasteiger charge is 2.31. The van der Waals surface area contributed by atoms with Gasteiger partial charge in [0.15, 0.2) is 0 Å². The standard InChI is InChI=1S/C22H19F4N3O2/c1-13-19(20(30)21(31)28(3)12-15-7-9-17(23)10-8-15)14(2)29(27-13)18-6-4-5-16(11-18)22(24,25)26/h4-11H,12H2,1-3H3. The van der Waals surface area contributed by atoms with Crippen molar-refractivity contribution in [3.63, 3.8) is 0 Å². The molecular weight excluding hydrogens is 414 g/mol. The Morgan fingerprint density at radius 2 is 1.71 bits per heavy atom. The van der Waals surface area contributed by atoms with E-state index < -0.39 is 29.2 Å². The first-order chi connectivity index (χ1) is 14.5. The molecule has 3 rings (SSSR count). The fourth-order valence-electron chi connectivity index (χ4n) is 3.25. The number of carbonyl (C=O) groups is 2. The van der Waals surface area contributed by atoms with E-state index in [1.807, 2.05) is 0 Å². The van der Waals surface area contributed by atoms with Crippen LogP contribution >= 0.6 is 0 Å². The van der Waals surface area contributed by atoms with Crippen LogP contribution in [0.25, 0.3) is 5.69 Å². The first-order valence-electron chi connectivity index (χ1n) is 9.27. The van der Waals surface area contributed by atoms with Crippen LogP contribution in [0, 0.1) is 19.7 Å². The maximum absolute atomic E-state index is 13.0. The predicted octanol–water partition coefficient (Wildman–Crippen LogP) is 4.49. The molecule has 0 aliphatic rings. The Bertz CT molecular complexity index is 1130. The summed E-state index contributed by atoms with van der Waals surface area (Å²) in [4.78, 5) is 26.7. The minimum absolute atomic E-state index is 0.0355. The fourth-order valence-corrected chi connectivity index (χ4v) is 3.25. The number of Topliss-reactive ketones (excluding diaryl/α,β-unsaturated/α-hetero) is 1. The Balaban J connectivity index is 1.88. The summed E-state index contributed by atoms with van der Waals surface area (Å²) in [5, 5.41) is 4.18. The van der Waals surface area contributed by atoms with Crippen LogP contribution in [-0.4, -0.2) is 33.4 Å². The molecule has 0 aliphatic carbocycles. The molecule has 0 fully saturated rings. The highest BCUT2D eigenvalue weighted by Crippen LogP contribution is 2.31. The first kappa shape index (κ1) is 22.2. The number of aromatic nitrogens is 2. The number of carbonyl (C=O) groups excluding carboxylic acids is 2. The fraction of sp³-hybridized carbons (Fsp3) is 0.227. The number of alkyl halides is 3. The average molecular weight is 433 g/mol. The second-order valence-corrected chi connectivity index (χ2v) is 7.12. The third-order valence-corrected chi connectivity index (χ3v) is 4.81. The molecule has 2 aromatic carbocycles. The summed E-state index contributed by atoms with van der Waals surface area (Å²) in [5.74, 6) is -2.04. The highest BCUT2D eigenvalue weighted by molar-refractivity contribution is 6.43. The van der Waals surface area contributed by atoms with E-state index in [1.54, 1.807) is 0 Å². The molecule has 0 N–H and O–H groups in total. The van der Waals surface area contributed by atoms with Gasteiger partial charge in [-0.15, -0.1) is 0 Å². The zero-order valence-electron chi connectivity index (χ0n) is 17.0. The molecule has 0 saturated carbocycles. The van der Waals surface area contributed by atoms with Crippen LogP contribution in [0.2, 0.25) is 0 Å². The molecule has 0 atom stereocenters. The van der Waals surface area contributed by atoms with Crippen molar-refractivity contribution in [3.8, 4) is 5.69 Å². The number of benzene rings is 2. The lowest BCUT2D eigenvalue weighted by Crippen LogP contribution is -2.33. The lowest BCUT2D eigenvalue weighted by atomic mass is 10.1. The second kappa shape index (κ2) is 8.33. The first-order valence-corrected chi connectivity index (χ1v) is 9.27. The molecule has 1 heterocycles. The van der Waals surface area contributed by atoms with Crippen LogP contribution in [0.3, 0.4) is 0 Å². The van der Waals surface area contributed by atoms with Gasteiger partial charge in [-0.2, -0.15) is 18.3 Å². The van der Waals surface area contributed by atoms with Crippen molar-refractivity contribution in [1.29, 1.82) is 0 Å². The van der Waals surface area contributed by atoms with E-state index in [9.17, 15) is 27.2 Å². The normalized spacial score (nSPS) is 11.5. The van der Waals surface area contributed by atoms with Crippen molar-refractivity contribution in [2.75, 3.05) is 7.05 Å². The SMILES string of the molecule is Cc1nn(-c2cccc(C(F)(F)F)c2)c(C)c1C(=O)C(=O)N(C)Cc1ccc(F)cc1. The molecule has 3 aromatic rings. The number of ketones is 1. The zero-order chi connectivity index (χ0) is 22.9. The van der Waals surface area contributed by atoms with Crippen LogP contribution < -0.4 is 0 Å². The van der Waals surface area contributed by atoms with Gasteiger partial charge < -0.3 is 4.90 Å². The molecule has 1 amide bonds. The lowest BCUT2D eigenvalue weighted by Gasteiger charge is -2.16. The van der Waals surface area contributed by atoms with Gasteiger partial charge in [-0.05, 0) is 49.7 Å². The summed E-state index contributed by atoms with van der Waals surface area (Å²) in [6.45, 7) is 3.11. The third-order valence-electron chi connectivity index (χ3n) is 4.81. The molecule has 0 aliphatic heterocycles. The molecule has 5 nitrogen and oxygen atoms in total. The van der Waals surface area contributed by atoms with E-state index in [2.05, 4.69) is 5.10 Å². The van der Waals surface area contributed by atoms with Gasteiger partial charge in [-0.3, -0.25) is 9.59 Å². The van der Waals surface area contributed by atoms with Gasteiger partial charge in [0.05, 0.1) is 28.2 Å². The van der Waals surface area contributed by atoms with E-state index in [4.69, 9.17) is 0 Å². The van der Waals surface area contributed by atoms with Crippen LogP contribution in [0.5, 0.6) is 0 Å². The van der Waals surface area contributed by atoms with Crippen molar-refractivity contribution < 1.29 is 27.2 Å². The summed E-state index contributed by atoms with van der Waals surface area (Å²) < 4.78 is 53.4. The van der Waals surface area contributed by atoms with Gasteiger partial charge in [0.2, 0.25) is 0 Å². The molecule has 0 bridgehead atoms. The molecule has 0 unspecified atom stereocenters. The average Bonchev–Trinajstić information content (AvgIpc) is 3.02. The predicted molar refractivity (Wildman–Crippen MR) is 105 cm³/mol. The van der Waals surface area contributed by atoms with Crippen molar-refractivity contribution in [3.05, 3.63) is 82.4 Å². The smallest absolute Gasteiger partial charge is 0.335 e. The van der Waals surface area contributed by atoms with E-state index in [0.717, 1.165) is 12.1 Å². The molecule has 162 valence electrons. The Morgan fingerprint density at radius 1 is 1.06 bits per heavy atom. The molecular formula is C22H19F4N3O2. The van der Waals surface area contributed by atoms with Crippen molar-refractivity contribution in [2.45, 2.75) is 26.6 Å². The maximum atomic E-state index is 13.0. The summed E-state index contributed by atoms with van der Waals surface area (Å²) in [6.07, 6.45) is -4.52. The number of nitrogens with zero attached hydrogens (tertiary/aromatic N) is 3. The molecule has 0 spiro atoms. The molecule has 0 radical (unpaired) electrons. The van der Waals surface area contributed by atoms with Crippen molar-refractivity contribution >= 4 is 11.7 Å². The Labute approximate surface area is 175 Å². The number of halogens is 4. The summed E-state index contributed by atoms with van der Waals surface area (Å²) in [7, 11) is 1.44. The quantitative estimate of drug-likeness (QED) is 0.339. The van der Waals surface area contributed by atoms with Gasteiger partial charge in [-0.25, -0.2) is 9.07 Å². The van der Waals surface area contributed by atoms with Gasteiger partial charge in [0.1, 0.15) is 5.82 Å². The molecule has 1 aromatic heterocycles. The van der Waals surface area contributed by atoms with Crippen LogP contribution in [-0.2, 0) is 17.5 Å². The van der Waals surface area contributed by atoms with Crippen molar-refractivity contribution in [2.24, 2.45) is 0 Å². The number of hydrogen-bond donors (Lipinski definition) is 0. The van der Waals surface area contributed by atoms with Crippen LogP contribution in [0.1, 0.15) is 32.9 Å². The lowest BCUT2D eigenvalue weighted by molar-refractivity contribution is -0.137. The number of amides is 1. The minimum atomic E-state index is -4.52. The minimum Gasteiger partial charge on any atom is -0.335 e. The maximum Gasteiger partial charge on any atom is 0.416 e. The Kier molecular flexibility index (Phi) is 5.97. The summed E-state index contributed by atoms with van der Waals surface area (Å²) >= 11 is 0. The number of likely N-dealkylation sites (N-methyl/N-ethyl adjacent to an activating group) is 1. The molecule has 0 saturated heterocycles. The van der Waals surface area contributed by atoms with Crippen molar-refractivity contribution in [1.82, 2.24) is 14.7 Å². The van der Waals surface area contributed by atoms with Gasteiger partial charge in [0.25, 0.3) is 11.7 Å². The van der Waals surface area contributed by atoms with E-state index in [1.165, 1.54) is 66.9 Å². The van der Waals surface area contributed by atoms with E-state index in [0.29, 0.717) is 5.56 Å². The number of hydrogen-bond acceptors (Lipinski definition) is 3. The molecule has 9 heteroatoms. The second-order valence-electron chi connectivity index (χ2n) is 7.12. The van der Waals surface area contributed by atoms with Gasteiger partial charge in [-0.1, -0.05) is 18.2 Å². The summed E-state index contributed by atoms with van der Waals surface area (Å²) in [6, 6.07) is 10.1. The van der Waals surface area contributed by atoms with E-state index in [-0.39, 0.29) is 29.2 Å². The number of aryl methyl sites for hydroxylation is 1. The van der Waals surface area contributed by atoms with Crippen LogP contribution in [0.4, 0.5) is 17.6 Å². The molecule has 31 heavy (non-hydrogen) atoms. The Hall–Kier alpha value is -3.49. The largest absolute Gasteiger partial charge is 0.416 e. The summed E-state index contributed by atoms with van der Waals surface area (Å²) in [5.41, 5.74) is 0.433. The monoisotopic (exact) mass is 433 g/mol. The topological polar surface area (TPSA) is 55.2 Å².